The Kier molecular flexibility index (Phi) is 7.03. The average Bonchev–Trinajstić information content (AvgIpc) is 2.81. The fraction of sp³-hybridized carbons (Fsp3) is 0.474. The minimum Gasteiger partial charge on any atom is -0.295 e. The summed E-state index contributed by atoms with van der Waals surface area (Å²) in [6, 6.07) is -0.946. The van der Waals surface area contributed by atoms with Gasteiger partial charge in [0.05, 0.1) is 5.57 Å². The Balaban J connectivity index is 0.00000151. The molecule has 0 aromatic heterocycles. The minimum absolute atomic E-state index is 0.0101. The third-order valence-corrected chi connectivity index (χ3v) is 4.09. The number of piperidine rings is 1. The molecule has 2 saturated heterocycles. The molecule has 0 spiro atoms. The lowest BCUT2D eigenvalue weighted by atomic mass is 9.93. The highest BCUT2D eigenvalue weighted by Crippen LogP contribution is 2.33. The number of nitrogens with one attached hydrogen (secondary N) is 1. The van der Waals surface area contributed by atoms with E-state index in [1.54, 1.807) is 19.1 Å². The molecular weight excluding hydrogens is 320 g/mol. The van der Waals surface area contributed by atoms with E-state index in [2.05, 4.69) is 11.9 Å². The molecule has 1 atom stereocenters. The maximum Gasteiger partial charge on any atom is 0.262 e. The molecule has 0 saturated carbocycles. The summed E-state index contributed by atoms with van der Waals surface area (Å²) in [4.78, 5) is 49.7. The van der Waals surface area contributed by atoms with Crippen molar-refractivity contribution in [3.05, 3.63) is 35.5 Å². The average molecular weight is 346 g/mol. The predicted octanol–water partition coefficient (Wildman–Crippen LogP) is 2.27. The number of carbonyl (C=O) groups excluding carboxylic acids is 4. The number of allylic oxidation sites excluding steroid dienone is 3. The van der Waals surface area contributed by atoms with Crippen molar-refractivity contribution >= 4 is 23.6 Å². The molecule has 0 aliphatic carbocycles. The van der Waals surface area contributed by atoms with Crippen LogP contribution in [0.5, 0.6) is 0 Å². The zero-order chi connectivity index (χ0) is 19.3. The molecule has 2 rings (SSSR count). The van der Waals surface area contributed by atoms with E-state index in [9.17, 15) is 19.2 Å². The van der Waals surface area contributed by atoms with Crippen LogP contribution in [0.4, 0.5) is 0 Å². The number of hydrogen-bond acceptors (Lipinski definition) is 4. The van der Waals surface area contributed by atoms with Gasteiger partial charge in [0.1, 0.15) is 6.04 Å². The van der Waals surface area contributed by atoms with E-state index in [0.717, 1.165) is 4.90 Å². The summed E-state index contributed by atoms with van der Waals surface area (Å²) in [5, 5.41) is 2.18. The Bertz CT molecular complexity index is 671. The van der Waals surface area contributed by atoms with Gasteiger partial charge in [0, 0.05) is 12.0 Å². The minimum atomic E-state index is -0.946. The summed E-state index contributed by atoms with van der Waals surface area (Å²) in [6.07, 6.45) is 3.41. The summed E-state index contributed by atoms with van der Waals surface area (Å²) < 4.78 is 0. The van der Waals surface area contributed by atoms with Crippen molar-refractivity contribution in [3.63, 3.8) is 0 Å². The lowest BCUT2D eigenvalue weighted by molar-refractivity contribution is -0.149. The highest BCUT2D eigenvalue weighted by Gasteiger charge is 2.47. The number of rotatable bonds is 3. The maximum absolute atomic E-state index is 12.8. The molecule has 0 aromatic carbocycles. The quantitative estimate of drug-likeness (QED) is 0.628. The van der Waals surface area contributed by atoms with Crippen LogP contribution in [0.25, 0.3) is 0 Å². The Hall–Kier alpha value is -2.50. The van der Waals surface area contributed by atoms with Crippen molar-refractivity contribution in [1.82, 2.24) is 10.2 Å². The lowest BCUT2D eigenvalue weighted by Crippen LogP contribution is -2.54. The van der Waals surface area contributed by atoms with E-state index in [1.165, 1.54) is 0 Å². The Labute approximate surface area is 148 Å². The SMILES string of the molecule is C=C/C(=C1/C(=O)N(C2CCC(=O)NC2=O)C(=O)/C1=C/C)C(C)C.CC. The molecule has 0 radical (unpaired) electrons. The summed E-state index contributed by atoms with van der Waals surface area (Å²) >= 11 is 0. The first-order valence-electron chi connectivity index (χ1n) is 8.58. The van der Waals surface area contributed by atoms with Crippen LogP contribution in [0.2, 0.25) is 0 Å². The van der Waals surface area contributed by atoms with Crippen LogP contribution < -0.4 is 5.32 Å². The van der Waals surface area contributed by atoms with Crippen molar-refractivity contribution in [1.29, 1.82) is 0 Å². The molecule has 0 aromatic rings. The maximum atomic E-state index is 12.8. The third kappa shape index (κ3) is 3.78. The molecule has 2 fully saturated rings. The zero-order valence-electron chi connectivity index (χ0n) is 15.5. The van der Waals surface area contributed by atoms with Gasteiger partial charge < -0.3 is 0 Å². The van der Waals surface area contributed by atoms with Crippen LogP contribution in [-0.2, 0) is 19.2 Å². The number of nitrogens with zero attached hydrogens (tertiary/aromatic N) is 1. The number of amides is 4. The molecule has 136 valence electrons. The van der Waals surface area contributed by atoms with Gasteiger partial charge in [-0.1, -0.05) is 46.4 Å². The molecule has 6 nitrogen and oxygen atoms in total. The summed E-state index contributed by atoms with van der Waals surface area (Å²) in [5.41, 5.74) is 1.25. The van der Waals surface area contributed by atoms with Gasteiger partial charge >= 0.3 is 0 Å². The Morgan fingerprint density at radius 3 is 2.24 bits per heavy atom. The van der Waals surface area contributed by atoms with E-state index in [0.29, 0.717) is 11.1 Å². The molecule has 25 heavy (non-hydrogen) atoms. The molecule has 1 unspecified atom stereocenters. The van der Waals surface area contributed by atoms with Gasteiger partial charge in [-0.3, -0.25) is 29.4 Å². The van der Waals surface area contributed by atoms with Crippen molar-refractivity contribution in [2.45, 2.75) is 53.5 Å². The van der Waals surface area contributed by atoms with Gasteiger partial charge in [0.25, 0.3) is 11.8 Å². The van der Waals surface area contributed by atoms with Gasteiger partial charge in [-0.25, -0.2) is 0 Å². The Morgan fingerprint density at radius 2 is 1.80 bits per heavy atom. The van der Waals surface area contributed by atoms with Gasteiger partial charge in [0.15, 0.2) is 0 Å². The molecule has 1 N–H and O–H groups in total. The highest BCUT2D eigenvalue weighted by molar-refractivity contribution is 6.26. The normalized spacial score (nSPS) is 24.3. The number of likely N-dealkylation sites (tertiary alicyclic amines) is 1. The molecule has 2 aliphatic heterocycles. The first-order chi connectivity index (χ1) is 11.8. The van der Waals surface area contributed by atoms with Gasteiger partial charge in [-0.2, -0.15) is 0 Å². The van der Waals surface area contributed by atoms with Crippen molar-refractivity contribution in [3.8, 4) is 0 Å². The third-order valence-electron chi connectivity index (χ3n) is 4.09. The molecule has 2 heterocycles. The van der Waals surface area contributed by atoms with Crippen LogP contribution in [0.1, 0.15) is 47.5 Å². The van der Waals surface area contributed by atoms with E-state index in [1.807, 2.05) is 27.7 Å². The predicted molar refractivity (Wildman–Crippen MR) is 95.2 cm³/mol. The van der Waals surface area contributed by atoms with Crippen molar-refractivity contribution in [2.24, 2.45) is 5.92 Å². The first-order valence-corrected chi connectivity index (χ1v) is 8.58. The molecule has 6 heteroatoms. The monoisotopic (exact) mass is 346 g/mol. The summed E-state index contributed by atoms with van der Waals surface area (Å²) in [7, 11) is 0. The van der Waals surface area contributed by atoms with Crippen molar-refractivity contribution < 1.29 is 19.2 Å². The first kappa shape index (κ1) is 20.5. The van der Waals surface area contributed by atoms with Gasteiger partial charge in [-0.05, 0) is 24.8 Å². The van der Waals surface area contributed by atoms with Crippen LogP contribution in [-0.4, -0.2) is 34.6 Å². The Morgan fingerprint density at radius 1 is 1.20 bits per heavy atom. The van der Waals surface area contributed by atoms with E-state index < -0.39 is 23.8 Å². The highest BCUT2D eigenvalue weighted by atomic mass is 16.2. The van der Waals surface area contributed by atoms with Gasteiger partial charge in [-0.15, -0.1) is 0 Å². The standard InChI is InChI=1S/C17H20N2O4.C2H6/c1-5-10(9(3)4)14-11(6-2)16(22)19(17(14)23)12-7-8-13(20)18-15(12)21;1-2/h5-6,9,12H,1,7-8H2,2-4H3,(H,18,20,21);1-2H3/b11-6+,14-10-;. The molecular formula is C19H26N2O4. The number of carbonyl (C=O) groups is 4. The second kappa shape index (κ2) is 8.55. The number of hydrogen-bond donors (Lipinski definition) is 1. The summed E-state index contributed by atoms with van der Waals surface area (Å²) in [6.45, 7) is 13.2. The molecule has 4 amide bonds. The zero-order valence-corrected chi connectivity index (χ0v) is 15.5. The van der Waals surface area contributed by atoms with Crippen LogP contribution in [0.3, 0.4) is 0 Å². The van der Waals surface area contributed by atoms with Crippen molar-refractivity contribution in [2.75, 3.05) is 0 Å². The fourth-order valence-electron chi connectivity index (χ4n) is 2.95. The molecule has 0 bridgehead atoms. The largest absolute Gasteiger partial charge is 0.295 e. The second-order valence-corrected chi connectivity index (χ2v) is 5.84. The van der Waals surface area contributed by atoms with E-state index in [4.69, 9.17) is 0 Å². The fourth-order valence-corrected chi connectivity index (χ4v) is 2.95. The van der Waals surface area contributed by atoms with E-state index >= 15 is 0 Å². The lowest BCUT2D eigenvalue weighted by Gasteiger charge is -2.27. The van der Waals surface area contributed by atoms with Gasteiger partial charge in [0.2, 0.25) is 11.8 Å². The second-order valence-electron chi connectivity index (χ2n) is 5.84. The molecule has 2 aliphatic rings. The van der Waals surface area contributed by atoms with Crippen LogP contribution in [0.15, 0.2) is 35.5 Å². The summed E-state index contributed by atoms with van der Waals surface area (Å²) in [5.74, 6) is -1.98. The van der Waals surface area contributed by atoms with Crippen LogP contribution in [0, 0.1) is 5.92 Å². The van der Waals surface area contributed by atoms with E-state index in [-0.39, 0.29) is 30.2 Å². The smallest absolute Gasteiger partial charge is 0.262 e. The van der Waals surface area contributed by atoms with Crippen LogP contribution >= 0.6 is 0 Å². The topological polar surface area (TPSA) is 83.6 Å². The number of imide groups is 2.